The molecule has 1 heterocycles. The van der Waals surface area contributed by atoms with E-state index in [9.17, 15) is 4.79 Å². The molecule has 2 aromatic carbocycles. The Morgan fingerprint density at radius 1 is 1.17 bits per heavy atom. The quantitative estimate of drug-likeness (QED) is 0.565. The minimum absolute atomic E-state index is 0.0468. The molecule has 0 fully saturated rings. The molecule has 1 aliphatic heterocycles. The van der Waals surface area contributed by atoms with E-state index in [-0.39, 0.29) is 17.2 Å². The normalized spacial score (nSPS) is 16.8. The van der Waals surface area contributed by atoms with Crippen LogP contribution in [-0.2, 0) is 11.2 Å². The standard InChI is InChI=1S/C24H31NO3S/c1-5-6-14-29-17(2)24(26)25-13-12-19-15-21(27-3)22(28-4)16-20(19)23(25)18-10-8-7-9-11-18/h7-11,15-17,23H,5-6,12-14H2,1-4H3. The molecule has 0 saturated carbocycles. The van der Waals surface area contributed by atoms with Crippen LogP contribution >= 0.6 is 11.8 Å². The molecule has 29 heavy (non-hydrogen) atoms. The highest BCUT2D eigenvalue weighted by Crippen LogP contribution is 2.41. The van der Waals surface area contributed by atoms with Crippen molar-refractivity contribution in [3.05, 3.63) is 59.2 Å². The fraction of sp³-hybridized carbons (Fsp3) is 0.458. The van der Waals surface area contributed by atoms with Crippen molar-refractivity contribution in [2.45, 2.75) is 44.4 Å². The van der Waals surface area contributed by atoms with Crippen LogP contribution < -0.4 is 9.47 Å². The van der Waals surface area contributed by atoms with Gasteiger partial charge in [-0.15, -0.1) is 11.8 Å². The van der Waals surface area contributed by atoms with Crippen molar-refractivity contribution in [3.63, 3.8) is 0 Å². The third kappa shape index (κ3) is 4.72. The van der Waals surface area contributed by atoms with Gasteiger partial charge in [0.2, 0.25) is 5.91 Å². The van der Waals surface area contributed by atoms with Crippen molar-refractivity contribution >= 4 is 17.7 Å². The maximum absolute atomic E-state index is 13.4. The second kappa shape index (κ2) is 10.1. The van der Waals surface area contributed by atoms with Crippen molar-refractivity contribution in [1.29, 1.82) is 0 Å². The lowest BCUT2D eigenvalue weighted by Gasteiger charge is -2.39. The van der Waals surface area contributed by atoms with Gasteiger partial charge in [-0.05, 0) is 54.3 Å². The summed E-state index contributed by atoms with van der Waals surface area (Å²) in [4.78, 5) is 15.5. The van der Waals surface area contributed by atoms with E-state index in [1.807, 2.05) is 36.1 Å². The fourth-order valence-corrected chi connectivity index (χ4v) is 4.97. The highest BCUT2D eigenvalue weighted by Gasteiger charge is 2.35. The molecule has 1 aliphatic rings. The topological polar surface area (TPSA) is 38.8 Å². The maximum Gasteiger partial charge on any atom is 0.236 e. The zero-order valence-electron chi connectivity index (χ0n) is 17.8. The van der Waals surface area contributed by atoms with Crippen molar-refractivity contribution in [2.24, 2.45) is 0 Å². The molecule has 1 amide bonds. The number of ether oxygens (including phenoxy) is 2. The van der Waals surface area contributed by atoms with Crippen molar-refractivity contribution in [2.75, 3.05) is 26.5 Å². The number of hydrogen-bond acceptors (Lipinski definition) is 4. The van der Waals surface area contributed by atoms with Crippen LogP contribution in [0.1, 0.15) is 49.4 Å². The molecule has 0 aliphatic carbocycles. The van der Waals surface area contributed by atoms with Gasteiger partial charge >= 0.3 is 0 Å². The van der Waals surface area contributed by atoms with Gasteiger partial charge in [0.05, 0.1) is 25.5 Å². The van der Waals surface area contributed by atoms with Gasteiger partial charge in [-0.25, -0.2) is 0 Å². The Hall–Kier alpha value is -2.14. The number of rotatable bonds is 8. The fourth-order valence-electron chi connectivity index (χ4n) is 3.89. The van der Waals surface area contributed by atoms with E-state index in [0.29, 0.717) is 12.3 Å². The summed E-state index contributed by atoms with van der Waals surface area (Å²) in [5.41, 5.74) is 3.46. The summed E-state index contributed by atoms with van der Waals surface area (Å²) >= 11 is 1.76. The summed E-state index contributed by atoms with van der Waals surface area (Å²) < 4.78 is 11.1. The van der Waals surface area contributed by atoms with Crippen molar-refractivity contribution < 1.29 is 14.3 Å². The van der Waals surface area contributed by atoms with E-state index < -0.39 is 0 Å². The molecule has 0 N–H and O–H groups in total. The average Bonchev–Trinajstić information content (AvgIpc) is 2.77. The van der Waals surface area contributed by atoms with Gasteiger partial charge in [-0.1, -0.05) is 43.7 Å². The van der Waals surface area contributed by atoms with Gasteiger partial charge in [0.1, 0.15) is 0 Å². The molecule has 2 unspecified atom stereocenters. The average molecular weight is 414 g/mol. The van der Waals surface area contributed by atoms with E-state index in [1.165, 1.54) is 5.56 Å². The second-order valence-corrected chi connectivity index (χ2v) is 8.82. The van der Waals surface area contributed by atoms with Gasteiger partial charge in [0.25, 0.3) is 0 Å². The Balaban J connectivity index is 1.99. The molecular formula is C24H31NO3S. The predicted octanol–water partition coefficient (Wildman–Crippen LogP) is 5.10. The lowest BCUT2D eigenvalue weighted by atomic mass is 9.87. The van der Waals surface area contributed by atoms with E-state index in [2.05, 4.69) is 25.1 Å². The van der Waals surface area contributed by atoms with Crippen LogP contribution in [0.25, 0.3) is 0 Å². The Labute approximate surface area is 178 Å². The van der Waals surface area contributed by atoms with Gasteiger partial charge in [-0.2, -0.15) is 0 Å². The van der Waals surface area contributed by atoms with Crippen molar-refractivity contribution in [1.82, 2.24) is 4.90 Å². The molecule has 156 valence electrons. The summed E-state index contributed by atoms with van der Waals surface area (Å²) in [6, 6.07) is 14.3. The van der Waals surface area contributed by atoms with Crippen molar-refractivity contribution in [3.8, 4) is 11.5 Å². The molecule has 0 radical (unpaired) electrons. The van der Waals surface area contributed by atoms with Crippen LogP contribution in [0.15, 0.2) is 42.5 Å². The van der Waals surface area contributed by atoms with E-state index in [1.54, 1.807) is 26.0 Å². The summed E-state index contributed by atoms with van der Waals surface area (Å²) in [6.07, 6.45) is 3.11. The number of fused-ring (bicyclic) bond motifs is 1. The first-order chi connectivity index (χ1) is 14.1. The molecule has 0 spiro atoms. The zero-order chi connectivity index (χ0) is 20.8. The third-order valence-electron chi connectivity index (χ3n) is 5.49. The molecule has 2 aromatic rings. The Morgan fingerprint density at radius 2 is 1.86 bits per heavy atom. The van der Waals surface area contributed by atoms with E-state index >= 15 is 0 Å². The van der Waals surface area contributed by atoms with Crippen LogP contribution in [0.3, 0.4) is 0 Å². The van der Waals surface area contributed by atoms with Crippen LogP contribution in [-0.4, -0.2) is 42.6 Å². The van der Waals surface area contributed by atoms with Gasteiger partial charge in [0, 0.05) is 6.54 Å². The van der Waals surface area contributed by atoms with Gasteiger partial charge in [0.15, 0.2) is 11.5 Å². The minimum atomic E-state index is -0.110. The number of benzene rings is 2. The smallest absolute Gasteiger partial charge is 0.236 e. The summed E-state index contributed by atoms with van der Waals surface area (Å²) in [6.45, 7) is 4.93. The number of amides is 1. The monoisotopic (exact) mass is 413 g/mol. The number of nitrogens with zero attached hydrogens (tertiary/aromatic N) is 1. The molecule has 0 aromatic heterocycles. The highest BCUT2D eigenvalue weighted by molar-refractivity contribution is 8.00. The molecule has 2 atom stereocenters. The summed E-state index contributed by atoms with van der Waals surface area (Å²) in [7, 11) is 3.31. The SMILES string of the molecule is CCCCSC(C)C(=O)N1CCc2cc(OC)c(OC)cc2C1c1ccccc1. The number of hydrogen-bond donors (Lipinski definition) is 0. The highest BCUT2D eigenvalue weighted by atomic mass is 32.2. The number of unbranched alkanes of at least 4 members (excludes halogenated alkanes) is 1. The van der Waals surface area contributed by atoms with Gasteiger partial charge < -0.3 is 14.4 Å². The van der Waals surface area contributed by atoms with Crippen LogP contribution in [0, 0.1) is 0 Å². The largest absolute Gasteiger partial charge is 0.493 e. The lowest BCUT2D eigenvalue weighted by Crippen LogP contribution is -2.44. The predicted molar refractivity (Wildman–Crippen MR) is 120 cm³/mol. The molecule has 5 heteroatoms. The Kier molecular flexibility index (Phi) is 7.48. The molecule has 0 saturated heterocycles. The number of carbonyl (C=O) groups excluding carboxylic acids is 1. The van der Waals surface area contributed by atoms with E-state index in [4.69, 9.17) is 9.47 Å². The third-order valence-corrected chi connectivity index (χ3v) is 6.71. The summed E-state index contributed by atoms with van der Waals surface area (Å²) in [5, 5.41) is -0.0468. The van der Waals surface area contributed by atoms with Gasteiger partial charge in [-0.3, -0.25) is 4.79 Å². The number of carbonyl (C=O) groups is 1. The summed E-state index contributed by atoms with van der Waals surface area (Å²) in [5.74, 6) is 2.67. The van der Waals surface area contributed by atoms with Crippen LogP contribution in [0.5, 0.6) is 11.5 Å². The molecule has 3 rings (SSSR count). The molecular weight excluding hydrogens is 382 g/mol. The minimum Gasteiger partial charge on any atom is -0.493 e. The molecule has 0 bridgehead atoms. The first kappa shape index (κ1) is 21.6. The zero-order valence-corrected chi connectivity index (χ0v) is 18.6. The van der Waals surface area contributed by atoms with Crippen LogP contribution in [0.2, 0.25) is 0 Å². The Bertz CT molecular complexity index is 824. The van der Waals surface area contributed by atoms with E-state index in [0.717, 1.165) is 41.9 Å². The first-order valence-electron chi connectivity index (χ1n) is 10.3. The van der Waals surface area contributed by atoms with Crippen LogP contribution in [0.4, 0.5) is 0 Å². The second-order valence-electron chi connectivity index (χ2n) is 7.37. The number of thioether (sulfide) groups is 1. The molecule has 4 nitrogen and oxygen atoms in total. The first-order valence-corrected chi connectivity index (χ1v) is 11.4. The number of methoxy groups -OCH3 is 2. The Morgan fingerprint density at radius 3 is 2.52 bits per heavy atom. The lowest BCUT2D eigenvalue weighted by molar-refractivity contribution is -0.132. The maximum atomic E-state index is 13.4.